The zero-order valence-electron chi connectivity index (χ0n) is 40.4. The molecule has 0 amide bonds. The molecule has 2 saturated heterocycles. The molecule has 0 spiro atoms. The first-order chi connectivity index (χ1) is 32.0. The molecule has 4 heterocycles. The molecule has 8 rings (SSSR count). The van der Waals surface area contributed by atoms with Gasteiger partial charge >= 0.3 is 0 Å². The van der Waals surface area contributed by atoms with Crippen molar-refractivity contribution in [3.8, 4) is 11.5 Å². The molecular weight excluding hydrogens is 902 g/mol. The zero-order valence-corrected chi connectivity index (χ0v) is 41.2. The van der Waals surface area contributed by atoms with Crippen molar-refractivity contribution in [1.82, 2.24) is 39.7 Å². The predicted octanol–water partition coefficient (Wildman–Crippen LogP) is 10.5. The van der Waals surface area contributed by atoms with E-state index in [0.29, 0.717) is 71.2 Å². The van der Waals surface area contributed by atoms with Gasteiger partial charge in [0.05, 0.1) is 14.2 Å². The molecule has 19 heteroatoms. The van der Waals surface area contributed by atoms with Crippen LogP contribution in [0.25, 0.3) is 0 Å². The van der Waals surface area contributed by atoms with Gasteiger partial charge < -0.3 is 50.3 Å². The van der Waals surface area contributed by atoms with Gasteiger partial charge in [-0.3, -0.25) is 0 Å². The summed E-state index contributed by atoms with van der Waals surface area (Å²) < 4.78 is 38.5. The summed E-state index contributed by atoms with van der Waals surface area (Å²) in [5, 5.41) is 13.4. The van der Waals surface area contributed by atoms with Crippen LogP contribution >= 0.6 is 12.4 Å². The van der Waals surface area contributed by atoms with Gasteiger partial charge in [0.25, 0.3) is 0 Å². The Morgan fingerprint density at radius 1 is 0.507 bits per heavy atom. The zero-order chi connectivity index (χ0) is 46.4. The van der Waals surface area contributed by atoms with Crippen LogP contribution in [-0.4, -0.2) is 132 Å². The summed E-state index contributed by atoms with van der Waals surface area (Å²) in [6.45, 7) is 4.24. The van der Waals surface area contributed by atoms with Gasteiger partial charge in [0.2, 0.25) is 35.7 Å². The van der Waals surface area contributed by atoms with E-state index in [0.717, 1.165) is 77.5 Å². The van der Waals surface area contributed by atoms with Gasteiger partial charge in [-0.1, -0.05) is 66.2 Å². The second-order valence-corrected chi connectivity index (χ2v) is 18.5. The van der Waals surface area contributed by atoms with Gasteiger partial charge in [-0.25, -0.2) is 8.78 Å². The summed E-state index contributed by atoms with van der Waals surface area (Å²) in [4.78, 5) is 37.2. The van der Waals surface area contributed by atoms with E-state index < -0.39 is 11.6 Å². The molecular formula is C50H81ClF2N14O2. The van der Waals surface area contributed by atoms with E-state index in [1.807, 2.05) is 0 Å². The molecule has 69 heavy (non-hydrogen) atoms. The minimum absolute atomic E-state index is 0. The van der Waals surface area contributed by atoms with E-state index in [-0.39, 0.29) is 38.8 Å². The molecule has 4 aromatic rings. The number of piperidine rings is 2. The minimum atomic E-state index is -0.433. The molecule has 0 atom stereocenters. The number of methoxy groups -OCH3 is 2. The van der Waals surface area contributed by atoms with E-state index in [1.165, 1.54) is 77.7 Å². The fourth-order valence-electron chi connectivity index (χ4n) is 9.34. The van der Waals surface area contributed by atoms with Crippen LogP contribution in [0.5, 0.6) is 11.5 Å². The molecule has 2 aromatic carbocycles. The van der Waals surface area contributed by atoms with Crippen LogP contribution in [0.1, 0.15) is 118 Å². The first-order valence-corrected chi connectivity index (χ1v) is 24.1. The Balaban J connectivity index is 0.000000288. The number of ether oxygens (including phenoxy) is 2. The standard InChI is InChI=1S/2C24H36FN7O.2CH4.ClH/c2*1-31-14-12-19(13-15-31)32(2)24-29-22(26-17-8-6-4-5-7-9-17)28-23(30-24)27-18-10-11-21(33-3)20(25)16-18;;;/h2*10-11,16-17,19H,4-9,12-15H2,1-3H3,(H2,26,27,28,29,30);2*1H4;1H. The van der Waals surface area contributed by atoms with Gasteiger partial charge in [0.1, 0.15) is 0 Å². The number of aromatic nitrogens is 6. The number of hydrogen-bond donors (Lipinski definition) is 4. The van der Waals surface area contributed by atoms with Crippen LogP contribution in [0.3, 0.4) is 0 Å². The topological polar surface area (TPSA) is 157 Å². The lowest BCUT2D eigenvalue weighted by Crippen LogP contribution is -2.42. The molecule has 0 unspecified atom stereocenters. The van der Waals surface area contributed by atoms with Crippen molar-refractivity contribution in [2.75, 3.05) is 99.7 Å². The Bertz CT molecular complexity index is 1980. The Labute approximate surface area is 417 Å². The lowest BCUT2D eigenvalue weighted by Gasteiger charge is -2.35. The fraction of sp³-hybridized carbons (Fsp3) is 0.640. The molecule has 384 valence electrons. The van der Waals surface area contributed by atoms with Gasteiger partial charge in [-0.05, 0) is 116 Å². The second kappa shape index (κ2) is 27.9. The summed E-state index contributed by atoms with van der Waals surface area (Å²) in [5.41, 5.74) is 1.13. The van der Waals surface area contributed by atoms with Crippen LogP contribution in [0.2, 0.25) is 0 Å². The molecule has 4 fully saturated rings. The van der Waals surface area contributed by atoms with E-state index in [4.69, 9.17) is 29.4 Å². The highest BCUT2D eigenvalue weighted by molar-refractivity contribution is 5.85. The minimum Gasteiger partial charge on any atom is -0.494 e. The molecule has 4 aliphatic rings. The Morgan fingerprint density at radius 3 is 1.16 bits per heavy atom. The number of benzene rings is 2. The molecule has 2 aromatic heterocycles. The quantitative estimate of drug-likeness (QED) is 0.0884. The number of hydrogen-bond acceptors (Lipinski definition) is 16. The maximum absolute atomic E-state index is 14.2. The van der Waals surface area contributed by atoms with Crippen LogP contribution in [0.4, 0.5) is 55.8 Å². The van der Waals surface area contributed by atoms with Gasteiger partial charge in [0, 0.05) is 61.8 Å². The van der Waals surface area contributed by atoms with Gasteiger partial charge in [0.15, 0.2) is 23.1 Å². The Hall–Kier alpha value is -5.07. The number of anilines is 8. The average Bonchev–Trinajstić information content (AvgIpc) is 3.74. The first kappa shape index (κ1) is 56.5. The highest BCUT2D eigenvalue weighted by Crippen LogP contribution is 2.29. The third-order valence-electron chi connectivity index (χ3n) is 13.5. The molecule has 0 bridgehead atoms. The maximum Gasteiger partial charge on any atom is 0.233 e. The molecule has 2 saturated carbocycles. The summed E-state index contributed by atoms with van der Waals surface area (Å²) >= 11 is 0. The van der Waals surface area contributed by atoms with Crippen molar-refractivity contribution in [2.45, 2.75) is 142 Å². The van der Waals surface area contributed by atoms with Gasteiger partial charge in [-0.15, -0.1) is 12.4 Å². The van der Waals surface area contributed by atoms with Crippen molar-refractivity contribution in [2.24, 2.45) is 0 Å². The number of rotatable bonds is 14. The number of nitrogens with one attached hydrogen (secondary N) is 4. The van der Waals surface area contributed by atoms with Crippen LogP contribution in [-0.2, 0) is 0 Å². The monoisotopic (exact) mass is 983 g/mol. The lowest BCUT2D eigenvalue weighted by atomic mass is 10.0. The molecule has 4 N–H and O–H groups in total. The van der Waals surface area contributed by atoms with E-state index in [2.05, 4.69) is 79.0 Å². The Kier molecular flexibility index (Phi) is 22.9. The fourth-order valence-corrected chi connectivity index (χ4v) is 9.34. The molecule has 2 aliphatic carbocycles. The first-order valence-electron chi connectivity index (χ1n) is 24.1. The SMILES string of the molecule is C.C.COc1ccc(Nc2nc(NC3CCCCCC3)nc(N(C)C3CCN(C)CC3)n2)cc1F.COc1ccc(Nc2nc(NC3CCCCCC3)nc(N(C)C3CCN(C)CC3)n2)cc1F.Cl. The largest absolute Gasteiger partial charge is 0.494 e. The molecule has 0 radical (unpaired) electrons. The Morgan fingerprint density at radius 2 is 0.841 bits per heavy atom. The average molecular weight is 984 g/mol. The van der Waals surface area contributed by atoms with Crippen LogP contribution in [0.15, 0.2) is 36.4 Å². The normalized spacial score (nSPS) is 17.7. The van der Waals surface area contributed by atoms with Crippen molar-refractivity contribution in [3.63, 3.8) is 0 Å². The highest BCUT2D eigenvalue weighted by Gasteiger charge is 2.26. The smallest absolute Gasteiger partial charge is 0.233 e. The number of halogens is 3. The third-order valence-corrected chi connectivity index (χ3v) is 13.5. The van der Waals surface area contributed by atoms with Crippen molar-refractivity contribution >= 4 is 59.5 Å². The van der Waals surface area contributed by atoms with E-state index in [1.54, 1.807) is 24.3 Å². The van der Waals surface area contributed by atoms with Crippen LogP contribution in [0, 0.1) is 11.6 Å². The van der Waals surface area contributed by atoms with Crippen molar-refractivity contribution in [1.29, 1.82) is 0 Å². The second-order valence-electron chi connectivity index (χ2n) is 18.5. The summed E-state index contributed by atoms with van der Waals surface area (Å²) in [5.74, 6) is 2.75. The van der Waals surface area contributed by atoms with Gasteiger partial charge in [-0.2, -0.15) is 29.9 Å². The lowest BCUT2D eigenvalue weighted by molar-refractivity contribution is 0.252. The predicted molar refractivity (Wildman–Crippen MR) is 281 cm³/mol. The summed E-state index contributed by atoms with van der Waals surface area (Å²) in [6.07, 6.45) is 18.8. The summed E-state index contributed by atoms with van der Waals surface area (Å²) in [7, 11) is 11.3. The summed E-state index contributed by atoms with van der Waals surface area (Å²) in [6, 6.07) is 11.0. The van der Waals surface area contributed by atoms with Crippen LogP contribution < -0.4 is 40.5 Å². The van der Waals surface area contributed by atoms with Crippen molar-refractivity contribution in [3.05, 3.63) is 48.0 Å². The number of likely N-dealkylation sites (tertiary alicyclic amines) is 2. The molecule has 2 aliphatic heterocycles. The number of nitrogens with zero attached hydrogens (tertiary/aromatic N) is 10. The van der Waals surface area contributed by atoms with E-state index in [9.17, 15) is 8.78 Å². The molecule has 16 nitrogen and oxygen atoms in total. The van der Waals surface area contributed by atoms with E-state index >= 15 is 0 Å². The van der Waals surface area contributed by atoms with Crippen molar-refractivity contribution < 1.29 is 18.3 Å². The highest BCUT2D eigenvalue weighted by atomic mass is 35.5. The third kappa shape index (κ3) is 16.5. The maximum atomic E-state index is 14.2.